The smallest absolute Gasteiger partial charge is 0.376 e. The molecule has 1 aliphatic heterocycles. The first-order valence-corrected chi connectivity index (χ1v) is 9.56. The second kappa shape index (κ2) is 8.95. The summed E-state index contributed by atoms with van der Waals surface area (Å²) in [6.45, 7) is 6.15. The fourth-order valence-electron chi connectivity index (χ4n) is 2.96. The molecule has 1 fully saturated rings. The third-order valence-electron chi connectivity index (χ3n) is 4.35. The molecule has 8 heteroatoms. The van der Waals surface area contributed by atoms with Gasteiger partial charge >= 0.3 is 8.80 Å². The van der Waals surface area contributed by atoms with Gasteiger partial charge in [-0.05, 0) is 6.42 Å². The Morgan fingerprint density at radius 3 is 1.95 bits per heavy atom. The second-order valence-corrected chi connectivity index (χ2v) is 8.84. The first-order chi connectivity index (χ1) is 10.4. The molecule has 0 radical (unpaired) electrons. The summed E-state index contributed by atoms with van der Waals surface area (Å²) in [5, 5.41) is 0. The number of rotatable bonds is 8. The molecule has 0 spiro atoms. The molecule has 0 N–H and O–H groups in total. The fourth-order valence-corrected chi connectivity index (χ4v) is 5.48. The van der Waals surface area contributed by atoms with E-state index in [1.165, 1.54) is 0 Å². The van der Waals surface area contributed by atoms with Crippen LogP contribution in [0.25, 0.3) is 0 Å². The predicted molar refractivity (Wildman–Crippen MR) is 87.6 cm³/mol. The van der Waals surface area contributed by atoms with Crippen molar-refractivity contribution in [2.75, 3.05) is 68.1 Å². The predicted octanol–water partition coefficient (Wildman–Crippen LogP) is -0.112. The molecule has 0 aromatic carbocycles. The van der Waals surface area contributed by atoms with Crippen LogP contribution in [0, 0.1) is 0 Å². The van der Waals surface area contributed by atoms with Crippen molar-refractivity contribution in [3.05, 3.63) is 0 Å². The normalized spacial score (nSPS) is 19.2. The van der Waals surface area contributed by atoms with Gasteiger partial charge in [-0.1, -0.05) is 6.92 Å². The van der Waals surface area contributed by atoms with Crippen LogP contribution in [0.3, 0.4) is 0 Å². The maximum absolute atomic E-state index is 11.8. The molecule has 1 atom stereocenters. The zero-order valence-corrected chi connectivity index (χ0v) is 15.8. The lowest BCUT2D eigenvalue weighted by Crippen LogP contribution is -2.64. The van der Waals surface area contributed by atoms with E-state index in [-0.39, 0.29) is 11.6 Å². The van der Waals surface area contributed by atoms with E-state index in [1.54, 1.807) is 40.3 Å². The first-order valence-electron chi connectivity index (χ1n) is 7.76. The van der Waals surface area contributed by atoms with Gasteiger partial charge in [-0.2, -0.15) is 0 Å². The summed E-state index contributed by atoms with van der Waals surface area (Å²) >= 11 is 0. The molecule has 0 aromatic rings. The van der Waals surface area contributed by atoms with Crippen molar-refractivity contribution in [1.29, 1.82) is 0 Å². The summed E-state index contributed by atoms with van der Waals surface area (Å²) < 4.78 is 16.9. The molecule has 0 aromatic heterocycles. The Hall–Kier alpha value is -0.513. The summed E-state index contributed by atoms with van der Waals surface area (Å²) in [6, 6.07) is 0. The van der Waals surface area contributed by atoms with Gasteiger partial charge in [0.2, 0.25) is 5.91 Å². The summed E-state index contributed by atoms with van der Waals surface area (Å²) in [7, 11) is 5.89. The van der Waals surface area contributed by atoms with E-state index in [4.69, 9.17) is 13.3 Å². The molecule has 0 bridgehead atoms. The van der Waals surface area contributed by atoms with Gasteiger partial charge in [0.1, 0.15) is 0 Å². The topological polar surface area (TPSA) is 54.5 Å². The molecule has 22 heavy (non-hydrogen) atoms. The Morgan fingerprint density at radius 2 is 1.59 bits per heavy atom. The van der Waals surface area contributed by atoms with Crippen molar-refractivity contribution >= 4 is 14.7 Å². The molecule has 130 valence electrons. The molecule has 0 aliphatic carbocycles. The average Bonchev–Trinajstić information content (AvgIpc) is 2.53. The third-order valence-corrected chi connectivity index (χ3v) is 7.65. The van der Waals surface area contributed by atoms with E-state index in [1.807, 2.05) is 0 Å². The molecule has 1 saturated heterocycles. The number of hydrogen-bond acceptors (Lipinski definition) is 6. The lowest BCUT2D eigenvalue weighted by atomic mass is 10.3. The minimum Gasteiger partial charge on any atom is -0.376 e. The van der Waals surface area contributed by atoms with Crippen molar-refractivity contribution in [2.45, 2.75) is 19.0 Å². The standard InChI is InChI=1S/C14H31N3O4Si/c1-7-14(22(19-4,20-5)21-6)17-10-8-16(9-11-17)12-13(18)15(2)3/h14H,7-12H2,1-6H3. The van der Waals surface area contributed by atoms with E-state index in [0.717, 1.165) is 32.6 Å². The minimum absolute atomic E-state index is 0.148. The van der Waals surface area contributed by atoms with Gasteiger partial charge in [-0.15, -0.1) is 0 Å². The quantitative estimate of drug-likeness (QED) is 0.578. The highest BCUT2D eigenvalue weighted by Gasteiger charge is 2.49. The van der Waals surface area contributed by atoms with Gasteiger partial charge in [0, 0.05) is 61.6 Å². The highest BCUT2D eigenvalue weighted by Crippen LogP contribution is 2.22. The van der Waals surface area contributed by atoms with E-state index in [2.05, 4.69) is 16.7 Å². The van der Waals surface area contributed by atoms with Crippen molar-refractivity contribution < 1.29 is 18.1 Å². The van der Waals surface area contributed by atoms with Crippen LogP contribution in [0.15, 0.2) is 0 Å². The van der Waals surface area contributed by atoms with Gasteiger partial charge in [0.05, 0.1) is 12.2 Å². The number of hydrogen-bond donors (Lipinski definition) is 0. The molecule has 1 aliphatic rings. The maximum Gasteiger partial charge on any atom is 0.518 e. The zero-order chi connectivity index (χ0) is 16.8. The van der Waals surface area contributed by atoms with Gasteiger partial charge < -0.3 is 18.2 Å². The zero-order valence-electron chi connectivity index (χ0n) is 14.8. The highest BCUT2D eigenvalue weighted by molar-refractivity contribution is 6.62. The number of carbonyl (C=O) groups is 1. The molecule has 0 saturated carbocycles. The van der Waals surface area contributed by atoms with E-state index in [9.17, 15) is 4.79 Å². The lowest BCUT2D eigenvalue weighted by Gasteiger charge is -2.43. The summed E-state index contributed by atoms with van der Waals surface area (Å²) in [4.78, 5) is 18.0. The molecule has 1 rings (SSSR count). The van der Waals surface area contributed by atoms with E-state index < -0.39 is 8.80 Å². The molecule has 7 nitrogen and oxygen atoms in total. The number of nitrogens with zero attached hydrogens (tertiary/aromatic N) is 3. The average molecular weight is 334 g/mol. The van der Waals surface area contributed by atoms with Crippen LogP contribution in [-0.4, -0.2) is 103 Å². The van der Waals surface area contributed by atoms with Crippen molar-refractivity contribution in [1.82, 2.24) is 14.7 Å². The molecular formula is C14H31N3O4Si. The Bertz CT molecular complexity index is 337. The summed E-state index contributed by atoms with van der Waals surface area (Å²) in [5.74, 6) is 0.148. The van der Waals surface area contributed by atoms with Gasteiger partial charge in [-0.3, -0.25) is 14.6 Å². The Kier molecular flexibility index (Phi) is 7.94. The highest BCUT2D eigenvalue weighted by atomic mass is 28.4. The van der Waals surface area contributed by atoms with Crippen LogP contribution in [0.4, 0.5) is 0 Å². The van der Waals surface area contributed by atoms with Crippen LogP contribution >= 0.6 is 0 Å². The van der Waals surface area contributed by atoms with Gasteiger partial charge in [0.25, 0.3) is 0 Å². The van der Waals surface area contributed by atoms with Crippen LogP contribution < -0.4 is 0 Å². The maximum atomic E-state index is 11.8. The summed E-state index contributed by atoms with van der Waals surface area (Å²) in [6.07, 6.45) is 0.915. The van der Waals surface area contributed by atoms with Crippen LogP contribution in [0.2, 0.25) is 0 Å². The number of piperazine rings is 1. The van der Waals surface area contributed by atoms with Crippen LogP contribution in [0.1, 0.15) is 13.3 Å². The Morgan fingerprint density at radius 1 is 1.09 bits per heavy atom. The monoisotopic (exact) mass is 333 g/mol. The van der Waals surface area contributed by atoms with Gasteiger partial charge in [0.15, 0.2) is 0 Å². The SMILES string of the molecule is CCC(N1CCN(CC(=O)N(C)C)CC1)[Si](OC)(OC)OC. The molecular weight excluding hydrogens is 302 g/mol. The largest absolute Gasteiger partial charge is 0.518 e. The Labute approximate surface area is 135 Å². The number of likely N-dealkylation sites (N-methyl/N-ethyl adjacent to an activating group) is 1. The van der Waals surface area contributed by atoms with Crippen molar-refractivity contribution in [3.8, 4) is 0 Å². The molecule has 1 amide bonds. The second-order valence-electron chi connectivity index (χ2n) is 5.74. The minimum atomic E-state index is -2.67. The van der Waals surface area contributed by atoms with E-state index in [0.29, 0.717) is 6.54 Å². The number of carbonyl (C=O) groups excluding carboxylic acids is 1. The molecule has 1 heterocycles. The van der Waals surface area contributed by atoms with Crippen LogP contribution in [0.5, 0.6) is 0 Å². The lowest BCUT2D eigenvalue weighted by molar-refractivity contribution is -0.130. The molecule has 1 unspecified atom stereocenters. The Balaban J connectivity index is 2.63. The van der Waals surface area contributed by atoms with Crippen LogP contribution in [-0.2, 0) is 18.1 Å². The number of amides is 1. The van der Waals surface area contributed by atoms with Gasteiger partial charge in [-0.25, -0.2) is 0 Å². The fraction of sp³-hybridized carbons (Fsp3) is 0.929. The van der Waals surface area contributed by atoms with E-state index >= 15 is 0 Å². The third kappa shape index (κ3) is 4.50. The summed E-state index contributed by atoms with van der Waals surface area (Å²) in [5.41, 5.74) is 0.152. The van der Waals surface area contributed by atoms with Crippen molar-refractivity contribution in [2.24, 2.45) is 0 Å². The first kappa shape index (κ1) is 19.5. The van der Waals surface area contributed by atoms with Crippen molar-refractivity contribution in [3.63, 3.8) is 0 Å².